The van der Waals surface area contributed by atoms with E-state index in [9.17, 15) is 0 Å². The topological polar surface area (TPSA) is 151 Å². The summed E-state index contributed by atoms with van der Waals surface area (Å²) < 4.78 is 0. The largest absolute Gasteiger partial charge is 0.368 e. The Kier molecular flexibility index (Phi) is 4.44. The van der Waals surface area contributed by atoms with E-state index < -0.39 is 0 Å². The molecule has 0 unspecified atom stereocenters. The van der Waals surface area contributed by atoms with E-state index in [1.165, 1.54) is 0 Å². The molecular weight excluding hydrogens is 318 g/mol. The lowest BCUT2D eigenvalue weighted by atomic mass is 10.2. The average Bonchev–Trinajstić information content (AvgIpc) is 2.62. The van der Waals surface area contributed by atoms with Gasteiger partial charge in [-0.2, -0.15) is 20.2 Å². The smallest absolute Gasteiger partial charge is 0.225 e. The van der Waals surface area contributed by atoms with E-state index in [2.05, 4.69) is 36.8 Å². The van der Waals surface area contributed by atoms with Gasteiger partial charge in [-0.25, -0.2) is 0 Å². The van der Waals surface area contributed by atoms with E-state index in [1.54, 1.807) is 42.5 Å². The predicted octanol–water partition coefficient (Wildman–Crippen LogP) is 2.69. The van der Waals surface area contributed by atoms with Crippen LogP contribution in [0.3, 0.4) is 0 Å². The Morgan fingerprint density at radius 2 is 1.60 bits per heavy atom. The lowest BCUT2D eigenvalue weighted by Gasteiger charge is -2.05. The number of anilines is 3. The van der Waals surface area contributed by atoms with Crippen molar-refractivity contribution in [2.24, 2.45) is 10.3 Å². The summed E-state index contributed by atoms with van der Waals surface area (Å²) in [6.07, 6.45) is 0. The van der Waals surface area contributed by atoms with Gasteiger partial charge in [0.1, 0.15) is 6.07 Å². The molecule has 1 aromatic heterocycles. The van der Waals surface area contributed by atoms with Gasteiger partial charge in [0.05, 0.1) is 16.9 Å². The quantitative estimate of drug-likeness (QED) is 0.491. The van der Waals surface area contributed by atoms with Crippen molar-refractivity contribution in [1.29, 1.82) is 5.26 Å². The van der Waals surface area contributed by atoms with Gasteiger partial charge in [0.15, 0.2) is 5.82 Å². The first kappa shape index (κ1) is 15.8. The van der Waals surface area contributed by atoms with Crippen LogP contribution >= 0.6 is 0 Å². The van der Waals surface area contributed by atoms with Crippen LogP contribution < -0.4 is 16.9 Å². The number of nitrogens with two attached hydrogens (primary N) is 2. The first-order chi connectivity index (χ1) is 12.2. The number of benzene rings is 2. The van der Waals surface area contributed by atoms with E-state index in [4.69, 9.17) is 16.7 Å². The molecular formula is C16H13N9. The molecule has 1 heterocycles. The summed E-state index contributed by atoms with van der Waals surface area (Å²) >= 11 is 0. The van der Waals surface area contributed by atoms with Gasteiger partial charge < -0.3 is 11.5 Å². The molecule has 0 spiro atoms. The molecule has 0 amide bonds. The fourth-order valence-electron chi connectivity index (χ4n) is 2.09. The molecule has 0 aliphatic heterocycles. The summed E-state index contributed by atoms with van der Waals surface area (Å²) in [4.78, 5) is 11.9. The highest BCUT2D eigenvalue weighted by molar-refractivity contribution is 5.71. The van der Waals surface area contributed by atoms with Gasteiger partial charge in [-0.1, -0.05) is 29.5 Å². The zero-order valence-electron chi connectivity index (χ0n) is 13.0. The summed E-state index contributed by atoms with van der Waals surface area (Å²) in [5.41, 5.74) is 16.1. The fourth-order valence-corrected chi connectivity index (χ4v) is 2.09. The number of aromatic nitrogens is 3. The van der Waals surface area contributed by atoms with Crippen LogP contribution in [-0.4, -0.2) is 15.0 Å². The van der Waals surface area contributed by atoms with Crippen molar-refractivity contribution in [2.75, 3.05) is 16.9 Å². The highest BCUT2D eigenvalue weighted by atomic mass is 15.4. The molecule has 0 aliphatic carbocycles. The summed E-state index contributed by atoms with van der Waals surface area (Å²) in [5, 5.41) is 17.1. The van der Waals surface area contributed by atoms with Crippen LogP contribution in [0.1, 0.15) is 5.56 Å². The van der Waals surface area contributed by atoms with Crippen LogP contribution in [0, 0.1) is 11.3 Å². The zero-order chi connectivity index (χ0) is 17.6. The van der Waals surface area contributed by atoms with Crippen molar-refractivity contribution in [3.05, 3.63) is 54.1 Å². The highest BCUT2D eigenvalue weighted by Crippen LogP contribution is 2.28. The average molecular weight is 331 g/mol. The molecule has 0 atom stereocenters. The lowest BCUT2D eigenvalue weighted by Crippen LogP contribution is -2.04. The van der Waals surface area contributed by atoms with Gasteiger partial charge in [-0.3, -0.25) is 5.43 Å². The molecule has 5 N–H and O–H groups in total. The molecule has 2 aromatic carbocycles. The minimum absolute atomic E-state index is 0.0234. The summed E-state index contributed by atoms with van der Waals surface area (Å²) in [7, 11) is 0. The number of rotatable bonds is 4. The summed E-state index contributed by atoms with van der Waals surface area (Å²) in [6, 6.07) is 16.2. The van der Waals surface area contributed by atoms with Crippen molar-refractivity contribution in [1.82, 2.24) is 15.0 Å². The van der Waals surface area contributed by atoms with Crippen molar-refractivity contribution in [3.63, 3.8) is 0 Å². The van der Waals surface area contributed by atoms with E-state index in [-0.39, 0.29) is 11.9 Å². The van der Waals surface area contributed by atoms with Crippen LogP contribution in [0.25, 0.3) is 11.4 Å². The maximum Gasteiger partial charge on any atom is 0.225 e. The monoisotopic (exact) mass is 331 g/mol. The number of nitrogens with one attached hydrogen (secondary N) is 1. The van der Waals surface area contributed by atoms with Crippen molar-refractivity contribution in [2.45, 2.75) is 0 Å². The maximum absolute atomic E-state index is 9.07. The Morgan fingerprint density at radius 3 is 2.36 bits per heavy atom. The first-order valence-corrected chi connectivity index (χ1v) is 7.19. The van der Waals surface area contributed by atoms with Crippen LogP contribution in [0.5, 0.6) is 0 Å². The minimum Gasteiger partial charge on any atom is -0.368 e. The number of hydrogen-bond acceptors (Lipinski definition) is 8. The maximum atomic E-state index is 9.07. The van der Waals surface area contributed by atoms with E-state index in [0.717, 1.165) is 0 Å². The Labute approximate surface area is 143 Å². The van der Waals surface area contributed by atoms with Gasteiger partial charge in [0, 0.05) is 5.56 Å². The van der Waals surface area contributed by atoms with Crippen LogP contribution in [0.4, 0.5) is 23.3 Å². The molecule has 3 aromatic rings. The number of nitriles is 1. The van der Waals surface area contributed by atoms with Gasteiger partial charge in [-0.15, -0.1) is 5.11 Å². The molecule has 0 saturated carbocycles. The Bertz CT molecular complexity index is 955. The molecule has 25 heavy (non-hydrogen) atoms. The van der Waals surface area contributed by atoms with Gasteiger partial charge in [0.2, 0.25) is 11.9 Å². The zero-order valence-corrected chi connectivity index (χ0v) is 13.0. The second-order valence-corrected chi connectivity index (χ2v) is 4.86. The third-order valence-corrected chi connectivity index (χ3v) is 3.19. The third kappa shape index (κ3) is 3.65. The lowest BCUT2D eigenvalue weighted by molar-refractivity contribution is 1.08. The molecule has 0 fully saturated rings. The van der Waals surface area contributed by atoms with Crippen LogP contribution in [-0.2, 0) is 0 Å². The first-order valence-electron chi connectivity index (χ1n) is 7.19. The second-order valence-electron chi connectivity index (χ2n) is 4.86. The van der Waals surface area contributed by atoms with Crippen molar-refractivity contribution in [3.8, 4) is 17.5 Å². The molecule has 122 valence electrons. The van der Waals surface area contributed by atoms with Gasteiger partial charge >= 0.3 is 0 Å². The van der Waals surface area contributed by atoms with Crippen molar-refractivity contribution < 1.29 is 0 Å². The molecule has 0 bridgehead atoms. The molecule has 9 nitrogen and oxygen atoms in total. The Balaban J connectivity index is 1.90. The standard InChI is InChI=1S/C16H13N9/c17-9-10-5-1-3-7-12(10)23-25-24-13-8-4-2-6-11(13)14-20-15(18)22-16(19)21-14/h1-8H,(H,23,24)(H4,18,19,20,21,22). The van der Waals surface area contributed by atoms with E-state index >= 15 is 0 Å². The van der Waals surface area contributed by atoms with Crippen molar-refractivity contribution >= 4 is 23.3 Å². The van der Waals surface area contributed by atoms with Crippen LogP contribution in [0.2, 0.25) is 0 Å². The third-order valence-electron chi connectivity index (χ3n) is 3.19. The van der Waals surface area contributed by atoms with E-state index in [0.29, 0.717) is 28.3 Å². The normalized spacial score (nSPS) is 10.5. The summed E-state index contributed by atoms with van der Waals surface area (Å²) in [5.74, 6) is 0.350. The minimum atomic E-state index is 0.0234. The number of para-hydroxylation sites is 1. The number of hydrogen-bond donors (Lipinski definition) is 3. The molecule has 0 saturated heterocycles. The van der Waals surface area contributed by atoms with Crippen LogP contribution in [0.15, 0.2) is 58.9 Å². The number of nitrogen functional groups attached to an aromatic ring is 2. The molecule has 3 rings (SSSR count). The molecule has 0 aliphatic rings. The number of nitrogens with zero attached hydrogens (tertiary/aromatic N) is 6. The summed E-state index contributed by atoms with van der Waals surface area (Å²) in [6.45, 7) is 0. The Morgan fingerprint density at radius 1 is 0.920 bits per heavy atom. The SMILES string of the molecule is N#Cc1ccccc1NN=Nc1ccccc1-c1nc(N)nc(N)n1. The second kappa shape index (κ2) is 7.01. The fraction of sp³-hybridized carbons (Fsp3) is 0. The van der Waals surface area contributed by atoms with Gasteiger partial charge in [0.25, 0.3) is 0 Å². The molecule has 0 radical (unpaired) electrons. The Hall–Kier alpha value is -4.06. The highest BCUT2D eigenvalue weighted by Gasteiger charge is 2.09. The van der Waals surface area contributed by atoms with Gasteiger partial charge in [-0.05, 0) is 24.3 Å². The molecule has 9 heteroatoms. The van der Waals surface area contributed by atoms with E-state index in [1.807, 2.05) is 6.07 Å². The predicted molar refractivity (Wildman–Crippen MR) is 93.4 cm³/mol.